The predicted molar refractivity (Wildman–Crippen MR) is 146 cm³/mol. The number of thiol groups is 1. The number of aliphatic carboxylic acids is 1. The lowest BCUT2D eigenvalue weighted by atomic mass is 9.34. The van der Waals surface area contributed by atoms with Crippen LogP contribution >= 0.6 is 12.6 Å². The van der Waals surface area contributed by atoms with Gasteiger partial charge in [0.15, 0.2) is 5.78 Å². The molecule has 0 radical (unpaired) electrons. The maximum atomic E-state index is 14.3. The number of carboxylic acid groups (broad SMARTS) is 1. The molecule has 0 aromatic heterocycles. The topological polar surface area (TPSA) is 98.4 Å². The second-order valence-electron chi connectivity index (χ2n) is 14.5. The number of nitriles is 1. The van der Waals surface area contributed by atoms with Crippen molar-refractivity contribution in [3.63, 3.8) is 0 Å². The van der Waals surface area contributed by atoms with Crippen molar-refractivity contribution >= 4 is 24.4 Å². The predicted octanol–water partition coefficient (Wildman–Crippen LogP) is 6.68. The van der Waals surface area contributed by atoms with Crippen LogP contribution in [0.5, 0.6) is 0 Å². The summed E-state index contributed by atoms with van der Waals surface area (Å²) >= 11 is 4.97. The highest BCUT2D eigenvalue weighted by Gasteiger charge is 2.71. The number of hydrogen-bond donors (Lipinski definition) is 3. The molecule has 0 aliphatic heterocycles. The van der Waals surface area contributed by atoms with Crippen LogP contribution in [0.15, 0.2) is 35.1 Å². The van der Waals surface area contributed by atoms with Gasteiger partial charge in [-0.05, 0) is 66.3 Å². The van der Waals surface area contributed by atoms with E-state index in [2.05, 4.69) is 40.7 Å². The molecule has 5 aliphatic rings. The fourth-order valence-electron chi connectivity index (χ4n) is 9.83. The number of hydrogen-bond acceptors (Lipinski definition) is 5. The zero-order valence-electron chi connectivity index (χ0n) is 23.2. The second kappa shape index (κ2) is 7.56. The Kier molecular flexibility index (Phi) is 5.43. The van der Waals surface area contributed by atoms with E-state index >= 15 is 0 Å². The molecule has 0 saturated heterocycles. The SMILES string of the molecule is CC1(C)C=C[C@]2(C(=O)O)CC[C@]3(C)[C@H](C(=O)C=C4[C@@]5(C)[C@@H](S)C(C#N)=C(O)C(C)(C)[C@@H]5CC[C@]43C)[C@@H]2C1. The minimum atomic E-state index is -1.01. The van der Waals surface area contributed by atoms with Gasteiger partial charge in [0, 0.05) is 22.0 Å². The smallest absolute Gasteiger partial charge is 0.313 e. The molecule has 37 heavy (non-hydrogen) atoms. The average molecular weight is 524 g/mol. The molecule has 6 heteroatoms. The lowest BCUT2D eigenvalue weighted by Crippen LogP contribution is -2.66. The molecule has 0 aromatic carbocycles. The molecule has 0 aromatic rings. The van der Waals surface area contributed by atoms with Crippen LogP contribution < -0.4 is 0 Å². The summed E-state index contributed by atoms with van der Waals surface area (Å²) in [6.07, 6.45) is 9.30. The van der Waals surface area contributed by atoms with E-state index in [1.54, 1.807) is 0 Å². The van der Waals surface area contributed by atoms with E-state index in [0.29, 0.717) is 24.8 Å². The average Bonchev–Trinajstić information content (AvgIpc) is 2.79. The largest absolute Gasteiger partial charge is 0.511 e. The quantitative estimate of drug-likeness (QED) is 0.263. The molecule has 0 unspecified atom stereocenters. The molecule has 5 nitrogen and oxygen atoms in total. The lowest BCUT2D eigenvalue weighted by molar-refractivity contribution is -0.175. The molecule has 2 N–H and O–H groups in total. The Morgan fingerprint density at radius 2 is 1.73 bits per heavy atom. The highest BCUT2D eigenvalue weighted by molar-refractivity contribution is 7.81. The standard InChI is InChI=1S/C31H41NO4S/c1-26(2)10-12-31(25(35)36)13-11-29(6)22(18(31)15-26)19(33)14-21-28(29,5)9-8-20-27(3,4)23(34)17(16-32)24(37)30(20,21)7/h10,12,14,18,20,22,24,34,37H,8-9,11,13,15H2,1-7H3,(H,35,36)/t18-,20-,22-,24-,28+,29+,30-,31-/m0/s1. The lowest BCUT2D eigenvalue weighted by Gasteiger charge is -2.69. The summed E-state index contributed by atoms with van der Waals surface area (Å²) < 4.78 is 0. The number of ketones is 1. The Morgan fingerprint density at radius 3 is 2.32 bits per heavy atom. The third-order valence-electron chi connectivity index (χ3n) is 12.2. The third kappa shape index (κ3) is 2.98. The third-order valence-corrected chi connectivity index (χ3v) is 13.0. The second-order valence-corrected chi connectivity index (χ2v) is 15.1. The van der Waals surface area contributed by atoms with Gasteiger partial charge in [0.2, 0.25) is 0 Å². The van der Waals surface area contributed by atoms with Gasteiger partial charge in [0.25, 0.3) is 0 Å². The fourth-order valence-corrected chi connectivity index (χ4v) is 10.3. The Labute approximate surface area is 226 Å². The molecule has 0 spiro atoms. The van der Waals surface area contributed by atoms with Crippen molar-refractivity contribution in [3.05, 3.63) is 35.1 Å². The van der Waals surface area contributed by atoms with Gasteiger partial charge < -0.3 is 10.2 Å². The van der Waals surface area contributed by atoms with E-state index in [9.17, 15) is 25.1 Å². The van der Waals surface area contributed by atoms with Crippen LogP contribution in [-0.4, -0.2) is 27.2 Å². The molecule has 5 aliphatic carbocycles. The fraction of sp³-hybridized carbons (Fsp3) is 0.710. The monoisotopic (exact) mass is 523 g/mol. The first-order valence-electron chi connectivity index (χ1n) is 13.7. The van der Waals surface area contributed by atoms with E-state index in [-0.39, 0.29) is 40.1 Å². The Bertz CT molecular complexity index is 1240. The van der Waals surface area contributed by atoms with Crippen molar-refractivity contribution < 1.29 is 19.8 Å². The number of allylic oxidation sites excluding steroid dienone is 4. The molecular weight excluding hydrogens is 482 g/mol. The number of aliphatic hydroxyl groups excluding tert-OH is 1. The maximum Gasteiger partial charge on any atom is 0.313 e. The highest BCUT2D eigenvalue weighted by atomic mass is 32.1. The minimum absolute atomic E-state index is 0.0186. The minimum Gasteiger partial charge on any atom is -0.511 e. The molecule has 200 valence electrons. The van der Waals surface area contributed by atoms with Gasteiger partial charge in [-0.25, -0.2) is 0 Å². The molecule has 8 atom stereocenters. The summed E-state index contributed by atoms with van der Waals surface area (Å²) in [6, 6.07) is 2.23. The number of fused-ring (bicyclic) bond motifs is 7. The van der Waals surface area contributed by atoms with E-state index in [4.69, 9.17) is 12.6 Å². The number of carbonyl (C=O) groups is 2. The van der Waals surface area contributed by atoms with Crippen LogP contribution in [0.1, 0.15) is 80.6 Å². The van der Waals surface area contributed by atoms with Gasteiger partial charge in [-0.15, -0.1) is 0 Å². The molecular formula is C31H41NO4S. The van der Waals surface area contributed by atoms with Gasteiger partial charge >= 0.3 is 5.97 Å². The van der Waals surface area contributed by atoms with Crippen LogP contribution in [-0.2, 0) is 9.59 Å². The number of aliphatic hydroxyl groups is 1. The summed E-state index contributed by atoms with van der Waals surface area (Å²) in [5.74, 6) is -1.32. The molecule has 0 amide bonds. The zero-order chi connectivity index (χ0) is 27.6. The van der Waals surface area contributed by atoms with Crippen molar-refractivity contribution in [1.82, 2.24) is 0 Å². The number of carbonyl (C=O) groups excluding carboxylic acids is 1. The van der Waals surface area contributed by atoms with Crippen molar-refractivity contribution in [2.24, 2.45) is 50.2 Å². The van der Waals surface area contributed by atoms with Crippen LogP contribution in [0.2, 0.25) is 0 Å². The first-order chi connectivity index (χ1) is 16.9. The van der Waals surface area contributed by atoms with Gasteiger partial charge in [0.05, 0.1) is 17.1 Å². The summed E-state index contributed by atoms with van der Waals surface area (Å²) in [5.41, 5.74) is -1.83. The molecule has 5 rings (SSSR count). The van der Waals surface area contributed by atoms with Crippen LogP contribution in [0.25, 0.3) is 0 Å². The number of nitrogens with zero attached hydrogens (tertiary/aromatic N) is 1. The Hall–Kier alpha value is -2.00. The summed E-state index contributed by atoms with van der Waals surface area (Å²) in [5, 5.41) is 31.1. The zero-order valence-corrected chi connectivity index (χ0v) is 24.1. The normalized spacial score (nSPS) is 47.5. The van der Waals surface area contributed by atoms with Crippen LogP contribution in [0.4, 0.5) is 0 Å². The summed E-state index contributed by atoms with van der Waals surface area (Å²) in [6.45, 7) is 14.9. The summed E-state index contributed by atoms with van der Waals surface area (Å²) in [7, 11) is 0. The van der Waals surface area contributed by atoms with Crippen molar-refractivity contribution in [2.75, 3.05) is 0 Å². The number of carboxylic acids is 1. The molecule has 0 heterocycles. The van der Waals surface area contributed by atoms with Gasteiger partial charge in [-0.3, -0.25) is 9.59 Å². The first kappa shape index (κ1) is 26.6. The highest BCUT2D eigenvalue weighted by Crippen LogP contribution is 2.75. The van der Waals surface area contributed by atoms with E-state index in [0.717, 1.165) is 18.4 Å². The van der Waals surface area contributed by atoms with Gasteiger partial charge in [0.1, 0.15) is 5.76 Å². The Balaban J connectivity index is 1.73. The molecule has 2 fully saturated rings. The van der Waals surface area contributed by atoms with Crippen molar-refractivity contribution in [3.8, 4) is 6.07 Å². The maximum absolute atomic E-state index is 14.3. The first-order valence-corrected chi connectivity index (χ1v) is 14.2. The Morgan fingerprint density at radius 1 is 1.08 bits per heavy atom. The van der Waals surface area contributed by atoms with Crippen molar-refractivity contribution in [2.45, 2.75) is 85.8 Å². The molecule has 2 saturated carbocycles. The van der Waals surface area contributed by atoms with Gasteiger partial charge in [-0.1, -0.05) is 66.2 Å². The van der Waals surface area contributed by atoms with E-state index < -0.39 is 32.9 Å². The molecule has 0 bridgehead atoms. The van der Waals surface area contributed by atoms with Crippen LogP contribution in [0, 0.1) is 61.6 Å². The van der Waals surface area contributed by atoms with E-state index in [1.165, 1.54) is 0 Å². The van der Waals surface area contributed by atoms with E-state index in [1.807, 2.05) is 32.1 Å². The summed E-state index contributed by atoms with van der Waals surface area (Å²) in [4.78, 5) is 27.1. The van der Waals surface area contributed by atoms with Crippen molar-refractivity contribution in [1.29, 1.82) is 5.26 Å². The van der Waals surface area contributed by atoms with Crippen LogP contribution in [0.3, 0.4) is 0 Å². The number of rotatable bonds is 1. The van der Waals surface area contributed by atoms with Gasteiger partial charge in [-0.2, -0.15) is 17.9 Å².